The highest BCUT2D eigenvalue weighted by Gasteiger charge is 2.27. The molecular formula is C23H31N3O. The van der Waals surface area contributed by atoms with Gasteiger partial charge in [0.1, 0.15) is 0 Å². The molecule has 0 saturated carbocycles. The average Bonchev–Trinajstić information content (AvgIpc) is 2.70. The molecule has 1 fully saturated rings. The van der Waals surface area contributed by atoms with Crippen LogP contribution in [0.25, 0.3) is 0 Å². The summed E-state index contributed by atoms with van der Waals surface area (Å²) < 4.78 is 0. The van der Waals surface area contributed by atoms with Crippen molar-refractivity contribution in [1.82, 2.24) is 10.2 Å². The fourth-order valence-corrected chi connectivity index (χ4v) is 3.75. The Morgan fingerprint density at radius 2 is 1.59 bits per heavy atom. The minimum Gasteiger partial charge on any atom is -0.369 e. The lowest BCUT2D eigenvalue weighted by atomic mass is 10.1. The van der Waals surface area contributed by atoms with Crippen LogP contribution in [-0.2, 0) is 4.79 Å². The van der Waals surface area contributed by atoms with Crippen LogP contribution >= 0.6 is 0 Å². The highest BCUT2D eigenvalue weighted by molar-refractivity contribution is 5.81. The van der Waals surface area contributed by atoms with Gasteiger partial charge in [-0.2, -0.15) is 0 Å². The minimum absolute atomic E-state index is 0.0254. The Morgan fingerprint density at radius 3 is 2.26 bits per heavy atom. The highest BCUT2D eigenvalue weighted by atomic mass is 16.2. The van der Waals surface area contributed by atoms with Crippen molar-refractivity contribution in [3.05, 3.63) is 65.2 Å². The van der Waals surface area contributed by atoms with E-state index in [1.807, 2.05) is 32.0 Å². The Morgan fingerprint density at radius 1 is 0.926 bits per heavy atom. The van der Waals surface area contributed by atoms with E-state index in [2.05, 4.69) is 59.3 Å². The molecule has 4 nitrogen and oxygen atoms in total. The first kappa shape index (κ1) is 19.4. The number of amides is 1. The molecule has 1 aliphatic heterocycles. The second-order valence-corrected chi connectivity index (χ2v) is 7.56. The molecule has 0 bridgehead atoms. The lowest BCUT2D eigenvalue weighted by molar-refractivity contribution is -0.126. The van der Waals surface area contributed by atoms with E-state index in [-0.39, 0.29) is 18.0 Å². The zero-order valence-electron chi connectivity index (χ0n) is 16.9. The summed E-state index contributed by atoms with van der Waals surface area (Å²) in [5.41, 5.74) is 5.15. The van der Waals surface area contributed by atoms with E-state index in [4.69, 9.17) is 0 Å². The van der Waals surface area contributed by atoms with Gasteiger partial charge in [-0.05, 0) is 50.5 Å². The molecule has 4 heteroatoms. The number of nitrogens with one attached hydrogen (secondary N) is 1. The predicted octanol–water partition coefficient (Wildman–Crippen LogP) is 3.69. The first-order valence-corrected chi connectivity index (χ1v) is 9.88. The average molecular weight is 366 g/mol. The monoisotopic (exact) mass is 365 g/mol. The van der Waals surface area contributed by atoms with Crippen LogP contribution in [-0.4, -0.2) is 43.0 Å². The van der Waals surface area contributed by atoms with Gasteiger partial charge in [-0.1, -0.05) is 42.5 Å². The summed E-state index contributed by atoms with van der Waals surface area (Å²) >= 11 is 0. The maximum atomic E-state index is 12.7. The zero-order valence-corrected chi connectivity index (χ0v) is 16.9. The van der Waals surface area contributed by atoms with Crippen LogP contribution < -0.4 is 10.2 Å². The molecule has 27 heavy (non-hydrogen) atoms. The van der Waals surface area contributed by atoms with Crippen molar-refractivity contribution in [3.8, 4) is 0 Å². The maximum Gasteiger partial charge on any atom is 0.237 e. The molecule has 144 valence electrons. The van der Waals surface area contributed by atoms with Crippen molar-refractivity contribution in [2.45, 2.75) is 39.8 Å². The van der Waals surface area contributed by atoms with E-state index < -0.39 is 0 Å². The summed E-state index contributed by atoms with van der Waals surface area (Å²) in [6.07, 6.45) is 0. The lowest BCUT2D eigenvalue weighted by Crippen LogP contribution is -2.54. The molecule has 0 aliphatic carbocycles. The van der Waals surface area contributed by atoms with Crippen LogP contribution in [0.3, 0.4) is 0 Å². The molecule has 2 atom stereocenters. The van der Waals surface area contributed by atoms with Crippen LogP contribution in [0.5, 0.6) is 0 Å². The van der Waals surface area contributed by atoms with Gasteiger partial charge < -0.3 is 10.2 Å². The summed E-state index contributed by atoms with van der Waals surface area (Å²) in [7, 11) is 0. The van der Waals surface area contributed by atoms with Gasteiger partial charge in [0.25, 0.3) is 0 Å². The number of benzene rings is 2. The summed E-state index contributed by atoms with van der Waals surface area (Å²) in [6, 6.07) is 16.5. The van der Waals surface area contributed by atoms with Crippen molar-refractivity contribution in [3.63, 3.8) is 0 Å². The molecule has 0 spiro atoms. The summed E-state index contributed by atoms with van der Waals surface area (Å²) in [5.74, 6) is 0.103. The Kier molecular flexibility index (Phi) is 6.17. The molecule has 1 heterocycles. The number of piperazine rings is 1. The smallest absolute Gasteiger partial charge is 0.237 e. The molecule has 2 unspecified atom stereocenters. The van der Waals surface area contributed by atoms with E-state index in [9.17, 15) is 4.79 Å². The first-order valence-electron chi connectivity index (χ1n) is 9.88. The van der Waals surface area contributed by atoms with Crippen LogP contribution in [0.15, 0.2) is 48.5 Å². The molecule has 2 aromatic carbocycles. The molecule has 1 N–H and O–H groups in total. The van der Waals surface area contributed by atoms with E-state index in [0.29, 0.717) is 0 Å². The second kappa shape index (κ2) is 8.57. The molecular weight excluding hydrogens is 334 g/mol. The van der Waals surface area contributed by atoms with Gasteiger partial charge in [0.05, 0.1) is 12.1 Å². The number of aryl methyl sites for hydroxylation is 1. The molecule has 1 amide bonds. The van der Waals surface area contributed by atoms with E-state index in [1.54, 1.807) is 0 Å². The number of nitrogens with zero attached hydrogens (tertiary/aromatic N) is 2. The molecule has 0 aromatic heterocycles. The summed E-state index contributed by atoms with van der Waals surface area (Å²) in [4.78, 5) is 17.4. The van der Waals surface area contributed by atoms with Gasteiger partial charge in [-0.3, -0.25) is 9.69 Å². The van der Waals surface area contributed by atoms with Gasteiger partial charge in [0, 0.05) is 31.9 Å². The SMILES string of the molecule is Cc1cccc(N2CCN(C(C)C(=O)NC(C)c3ccccc3)CC2)c1C. The quantitative estimate of drug-likeness (QED) is 0.878. The number of rotatable bonds is 5. The van der Waals surface area contributed by atoms with Gasteiger partial charge >= 0.3 is 0 Å². The van der Waals surface area contributed by atoms with Crippen molar-refractivity contribution in [2.75, 3.05) is 31.1 Å². The number of anilines is 1. The van der Waals surface area contributed by atoms with Crippen molar-refractivity contribution in [2.24, 2.45) is 0 Å². The van der Waals surface area contributed by atoms with Crippen LogP contribution in [0.4, 0.5) is 5.69 Å². The largest absolute Gasteiger partial charge is 0.369 e. The van der Waals surface area contributed by atoms with Crippen LogP contribution in [0, 0.1) is 13.8 Å². The molecule has 2 aromatic rings. The van der Waals surface area contributed by atoms with Gasteiger partial charge in [-0.15, -0.1) is 0 Å². The summed E-state index contributed by atoms with van der Waals surface area (Å²) in [6.45, 7) is 12.1. The fraction of sp³-hybridized carbons (Fsp3) is 0.435. The Hall–Kier alpha value is -2.33. The van der Waals surface area contributed by atoms with Gasteiger partial charge in [-0.25, -0.2) is 0 Å². The molecule has 3 rings (SSSR count). The third-order valence-electron chi connectivity index (χ3n) is 5.82. The number of hydrogen-bond acceptors (Lipinski definition) is 3. The third kappa shape index (κ3) is 4.51. The minimum atomic E-state index is -0.114. The van der Waals surface area contributed by atoms with E-state index in [1.165, 1.54) is 16.8 Å². The number of hydrogen-bond donors (Lipinski definition) is 1. The first-order chi connectivity index (χ1) is 13.0. The normalized spacial score (nSPS) is 17.4. The molecule has 1 saturated heterocycles. The maximum absolute atomic E-state index is 12.7. The fourth-order valence-electron chi connectivity index (χ4n) is 3.75. The van der Waals surface area contributed by atoms with Crippen molar-refractivity contribution >= 4 is 11.6 Å². The second-order valence-electron chi connectivity index (χ2n) is 7.56. The van der Waals surface area contributed by atoms with Gasteiger partial charge in [0.15, 0.2) is 0 Å². The molecule has 1 aliphatic rings. The van der Waals surface area contributed by atoms with Crippen LogP contribution in [0.2, 0.25) is 0 Å². The number of carbonyl (C=O) groups is 1. The van der Waals surface area contributed by atoms with Crippen molar-refractivity contribution < 1.29 is 4.79 Å². The summed E-state index contributed by atoms with van der Waals surface area (Å²) in [5, 5.41) is 3.16. The van der Waals surface area contributed by atoms with Crippen LogP contribution in [0.1, 0.15) is 36.6 Å². The predicted molar refractivity (Wildman–Crippen MR) is 112 cm³/mol. The van der Waals surface area contributed by atoms with Crippen molar-refractivity contribution in [1.29, 1.82) is 0 Å². The van der Waals surface area contributed by atoms with E-state index >= 15 is 0 Å². The third-order valence-corrected chi connectivity index (χ3v) is 5.82. The topological polar surface area (TPSA) is 35.6 Å². The Labute approximate surface area is 163 Å². The Balaban J connectivity index is 1.55. The van der Waals surface area contributed by atoms with Gasteiger partial charge in [0.2, 0.25) is 5.91 Å². The zero-order chi connectivity index (χ0) is 19.4. The highest BCUT2D eigenvalue weighted by Crippen LogP contribution is 2.24. The Bertz CT molecular complexity index is 766. The van der Waals surface area contributed by atoms with E-state index in [0.717, 1.165) is 31.7 Å². The number of carbonyl (C=O) groups excluding carboxylic acids is 1. The lowest BCUT2D eigenvalue weighted by Gasteiger charge is -2.39. The molecule has 0 radical (unpaired) electrons. The standard InChI is InChI=1S/C23H31N3O/c1-17-9-8-12-22(18(17)2)26-15-13-25(14-16-26)20(4)23(27)24-19(3)21-10-6-5-7-11-21/h5-12,19-20H,13-16H2,1-4H3,(H,24,27).